The highest BCUT2D eigenvalue weighted by Gasteiger charge is 2.82. The SMILES string of the molecule is C=Cc1ccc(C2=CC(C3=C(F)C(F)(F)C(F)(F)C3(F)F)C(c3ccccc3)S2)cc1. The fourth-order valence-corrected chi connectivity index (χ4v) is 5.19. The van der Waals surface area contributed by atoms with Gasteiger partial charge in [0.25, 0.3) is 0 Å². The van der Waals surface area contributed by atoms with Gasteiger partial charge in [0.15, 0.2) is 5.83 Å². The standard InChI is InChI=1S/C23H15F7S/c1-2-13-8-10-14(11-9-13)17-12-16(19(31-17)15-6-4-3-5-7-15)18-20(24)22(27,28)23(29,30)21(18,25)26/h2-12,16,19H,1H2. The van der Waals surface area contributed by atoms with E-state index < -0.39 is 40.3 Å². The van der Waals surface area contributed by atoms with Gasteiger partial charge in [-0.25, -0.2) is 4.39 Å². The second-order valence-electron chi connectivity index (χ2n) is 7.28. The van der Waals surface area contributed by atoms with Crippen molar-refractivity contribution in [1.29, 1.82) is 0 Å². The second kappa shape index (κ2) is 7.29. The van der Waals surface area contributed by atoms with Crippen LogP contribution >= 0.6 is 11.8 Å². The van der Waals surface area contributed by atoms with E-state index in [1.807, 2.05) is 0 Å². The summed E-state index contributed by atoms with van der Waals surface area (Å²) in [7, 11) is 0. The van der Waals surface area contributed by atoms with Crippen molar-refractivity contribution < 1.29 is 30.7 Å². The van der Waals surface area contributed by atoms with Gasteiger partial charge in [-0.1, -0.05) is 73.3 Å². The first-order chi connectivity index (χ1) is 14.5. The molecule has 1 aliphatic carbocycles. The van der Waals surface area contributed by atoms with Crippen molar-refractivity contribution in [3.05, 3.63) is 95.3 Å². The van der Waals surface area contributed by atoms with Crippen LogP contribution in [-0.2, 0) is 0 Å². The minimum atomic E-state index is -5.85. The minimum absolute atomic E-state index is 0.407. The van der Waals surface area contributed by atoms with Crippen molar-refractivity contribution in [2.24, 2.45) is 5.92 Å². The zero-order valence-corrected chi connectivity index (χ0v) is 16.6. The van der Waals surface area contributed by atoms with Crippen LogP contribution in [0, 0.1) is 5.92 Å². The van der Waals surface area contributed by atoms with Crippen LogP contribution in [0.1, 0.15) is 21.9 Å². The number of hydrogen-bond donors (Lipinski definition) is 0. The Morgan fingerprint density at radius 1 is 0.839 bits per heavy atom. The zero-order chi connectivity index (χ0) is 22.6. The number of thioether (sulfide) groups is 1. The van der Waals surface area contributed by atoms with Crippen LogP contribution in [-0.4, -0.2) is 17.8 Å². The van der Waals surface area contributed by atoms with Gasteiger partial charge in [0, 0.05) is 16.1 Å². The molecule has 2 atom stereocenters. The molecule has 2 aromatic rings. The van der Waals surface area contributed by atoms with E-state index in [0.717, 1.165) is 17.3 Å². The van der Waals surface area contributed by atoms with Crippen molar-refractivity contribution in [1.82, 2.24) is 0 Å². The quantitative estimate of drug-likeness (QED) is 0.421. The third kappa shape index (κ3) is 3.14. The van der Waals surface area contributed by atoms with Crippen molar-refractivity contribution in [3.63, 3.8) is 0 Å². The molecule has 2 aromatic carbocycles. The van der Waals surface area contributed by atoms with Gasteiger partial charge < -0.3 is 0 Å². The molecule has 0 nitrogen and oxygen atoms in total. The first kappa shape index (κ1) is 21.7. The summed E-state index contributed by atoms with van der Waals surface area (Å²) in [6.45, 7) is 3.63. The van der Waals surface area contributed by atoms with Crippen LogP contribution in [0.15, 0.2) is 78.7 Å². The molecule has 4 rings (SSSR count). The highest BCUT2D eigenvalue weighted by atomic mass is 32.2. The van der Waals surface area contributed by atoms with Gasteiger partial charge in [0.1, 0.15) is 0 Å². The van der Waals surface area contributed by atoms with E-state index in [4.69, 9.17) is 0 Å². The fraction of sp³-hybridized carbons (Fsp3) is 0.217. The van der Waals surface area contributed by atoms with Gasteiger partial charge in [-0.05, 0) is 16.7 Å². The average molecular weight is 456 g/mol. The summed E-state index contributed by atoms with van der Waals surface area (Å²) in [5.74, 6) is -21.2. The maximum atomic E-state index is 14.5. The predicted octanol–water partition coefficient (Wildman–Crippen LogP) is 7.92. The van der Waals surface area contributed by atoms with Crippen LogP contribution in [0.25, 0.3) is 11.0 Å². The van der Waals surface area contributed by atoms with Crippen molar-refractivity contribution in [2.75, 3.05) is 0 Å². The molecule has 0 N–H and O–H groups in total. The summed E-state index contributed by atoms with van der Waals surface area (Å²) < 4.78 is 98.9. The number of benzene rings is 2. The fourth-order valence-electron chi connectivity index (χ4n) is 3.77. The van der Waals surface area contributed by atoms with E-state index in [9.17, 15) is 30.7 Å². The molecular formula is C23H15F7S. The molecular weight excluding hydrogens is 441 g/mol. The Bertz CT molecular complexity index is 1070. The van der Waals surface area contributed by atoms with Crippen molar-refractivity contribution in [2.45, 2.75) is 23.0 Å². The Kier molecular flexibility index (Phi) is 5.11. The lowest BCUT2D eigenvalue weighted by Crippen LogP contribution is -2.49. The Morgan fingerprint density at radius 3 is 1.97 bits per heavy atom. The molecule has 0 aromatic heterocycles. The molecule has 2 unspecified atom stereocenters. The number of alkyl halides is 6. The van der Waals surface area contributed by atoms with E-state index in [0.29, 0.717) is 16.0 Å². The lowest BCUT2D eigenvalue weighted by atomic mass is 9.87. The summed E-state index contributed by atoms with van der Waals surface area (Å²) in [5.41, 5.74) is -0.0681. The monoisotopic (exact) mass is 456 g/mol. The Hall–Kier alpha value is -2.48. The summed E-state index contributed by atoms with van der Waals surface area (Å²) >= 11 is 1.04. The molecule has 31 heavy (non-hydrogen) atoms. The van der Waals surface area contributed by atoms with Crippen molar-refractivity contribution >= 4 is 22.7 Å². The molecule has 0 bridgehead atoms. The van der Waals surface area contributed by atoms with Crippen LogP contribution in [0.2, 0.25) is 0 Å². The van der Waals surface area contributed by atoms with Gasteiger partial charge in [0.05, 0.1) is 5.57 Å². The molecule has 0 saturated carbocycles. The first-order valence-electron chi connectivity index (χ1n) is 9.22. The highest BCUT2D eigenvalue weighted by Crippen LogP contribution is 2.65. The number of hydrogen-bond acceptors (Lipinski definition) is 1. The Morgan fingerprint density at radius 2 is 1.45 bits per heavy atom. The maximum Gasteiger partial charge on any atom is 0.382 e. The smallest absolute Gasteiger partial charge is 0.205 e. The van der Waals surface area contributed by atoms with E-state index in [1.165, 1.54) is 6.08 Å². The highest BCUT2D eigenvalue weighted by molar-refractivity contribution is 8.08. The molecule has 0 saturated heterocycles. The lowest BCUT2D eigenvalue weighted by molar-refractivity contribution is -0.269. The average Bonchev–Trinajstić information content (AvgIpc) is 3.21. The second-order valence-corrected chi connectivity index (χ2v) is 8.47. The van der Waals surface area contributed by atoms with E-state index >= 15 is 0 Å². The third-order valence-electron chi connectivity index (χ3n) is 5.44. The number of allylic oxidation sites excluding steroid dienone is 3. The largest absolute Gasteiger partial charge is 0.382 e. The Labute approximate surface area is 178 Å². The maximum absolute atomic E-state index is 14.5. The van der Waals surface area contributed by atoms with Crippen LogP contribution in [0.5, 0.6) is 0 Å². The third-order valence-corrected chi connectivity index (χ3v) is 6.89. The van der Waals surface area contributed by atoms with Crippen LogP contribution < -0.4 is 0 Å². The molecule has 0 spiro atoms. The number of rotatable bonds is 4. The first-order valence-corrected chi connectivity index (χ1v) is 10.1. The van der Waals surface area contributed by atoms with Gasteiger partial charge in [-0.3, -0.25) is 0 Å². The van der Waals surface area contributed by atoms with Crippen molar-refractivity contribution in [3.8, 4) is 0 Å². The van der Waals surface area contributed by atoms with Crippen LogP contribution in [0.4, 0.5) is 30.7 Å². The van der Waals surface area contributed by atoms with Gasteiger partial charge >= 0.3 is 17.8 Å². The molecule has 8 heteroatoms. The minimum Gasteiger partial charge on any atom is -0.205 e. The van der Waals surface area contributed by atoms with Gasteiger partial charge in [-0.15, -0.1) is 11.8 Å². The zero-order valence-electron chi connectivity index (χ0n) is 15.8. The molecule has 0 amide bonds. The van der Waals surface area contributed by atoms with Gasteiger partial charge in [0.2, 0.25) is 0 Å². The Balaban J connectivity index is 1.86. The van der Waals surface area contributed by atoms with Gasteiger partial charge in [-0.2, -0.15) is 26.3 Å². The molecule has 0 radical (unpaired) electrons. The molecule has 2 aliphatic rings. The normalized spacial score (nSPS) is 26.1. The van der Waals surface area contributed by atoms with E-state index in [2.05, 4.69) is 6.58 Å². The topological polar surface area (TPSA) is 0 Å². The van der Waals surface area contributed by atoms with Crippen LogP contribution in [0.3, 0.4) is 0 Å². The molecule has 0 fully saturated rings. The van der Waals surface area contributed by atoms with E-state index in [-0.39, 0.29) is 0 Å². The molecule has 1 aliphatic heterocycles. The molecule has 162 valence electrons. The summed E-state index contributed by atoms with van der Waals surface area (Å²) in [4.78, 5) is 0.407. The lowest BCUT2D eigenvalue weighted by Gasteiger charge is -2.27. The molecule has 1 heterocycles. The predicted molar refractivity (Wildman–Crippen MR) is 108 cm³/mol. The summed E-state index contributed by atoms with van der Waals surface area (Å²) in [6, 6.07) is 14.7. The number of halogens is 7. The summed E-state index contributed by atoms with van der Waals surface area (Å²) in [6.07, 6.45) is 2.77. The van der Waals surface area contributed by atoms with E-state index in [1.54, 1.807) is 60.7 Å². The summed E-state index contributed by atoms with van der Waals surface area (Å²) in [5, 5.41) is -0.980.